The second-order valence-electron chi connectivity index (χ2n) is 6.82. The van der Waals surface area contributed by atoms with Crippen molar-refractivity contribution >= 4 is 11.9 Å². The largest absolute Gasteiger partial charge is 0.481 e. The van der Waals surface area contributed by atoms with Crippen molar-refractivity contribution in [1.29, 1.82) is 0 Å². The SMILES string of the molecule is CCCC1(C(=O)NC2(CC(=O)O)CCCC2)CCCNC1. The van der Waals surface area contributed by atoms with Crippen LogP contribution < -0.4 is 10.6 Å². The Labute approximate surface area is 126 Å². The van der Waals surface area contributed by atoms with Gasteiger partial charge in [0.25, 0.3) is 0 Å². The summed E-state index contributed by atoms with van der Waals surface area (Å²) in [7, 11) is 0. The Bertz CT molecular complexity index is 377. The summed E-state index contributed by atoms with van der Waals surface area (Å²) in [6, 6.07) is 0. The molecule has 0 aromatic rings. The highest BCUT2D eigenvalue weighted by molar-refractivity contribution is 5.84. The van der Waals surface area contributed by atoms with Crippen LogP contribution in [0.1, 0.15) is 64.7 Å². The minimum absolute atomic E-state index is 0.0500. The number of carbonyl (C=O) groups excluding carboxylic acids is 1. The lowest BCUT2D eigenvalue weighted by Crippen LogP contribution is -2.57. The molecule has 1 aliphatic heterocycles. The van der Waals surface area contributed by atoms with Gasteiger partial charge in [-0.2, -0.15) is 0 Å². The van der Waals surface area contributed by atoms with Crippen LogP contribution in [0.3, 0.4) is 0 Å². The third-order valence-electron chi connectivity index (χ3n) is 5.11. The van der Waals surface area contributed by atoms with Crippen LogP contribution in [-0.2, 0) is 9.59 Å². The number of carboxylic acid groups (broad SMARTS) is 1. The van der Waals surface area contributed by atoms with E-state index >= 15 is 0 Å². The lowest BCUT2D eigenvalue weighted by molar-refractivity contribution is -0.140. The Morgan fingerprint density at radius 2 is 1.90 bits per heavy atom. The molecule has 1 saturated heterocycles. The number of carbonyl (C=O) groups is 2. The quantitative estimate of drug-likeness (QED) is 0.701. The van der Waals surface area contributed by atoms with Crippen molar-refractivity contribution in [2.75, 3.05) is 13.1 Å². The summed E-state index contributed by atoms with van der Waals surface area (Å²) in [5.74, 6) is -0.747. The van der Waals surface area contributed by atoms with Crippen LogP contribution in [0.25, 0.3) is 0 Å². The van der Waals surface area contributed by atoms with E-state index in [1.54, 1.807) is 0 Å². The molecule has 21 heavy (non-hydrogen) atoms. The Morgan fingerprint density at radius 1 is 1.19 bits per heavy atom. The lowest BCUT2D eigenvalue weighted by Gasteiger charge is -2.40. The van der Waals surface area contributed by atoms with E-state index in [1.807, 2.05) is 0 Å². The van der Waals surface area contributed by atoms with Gasteiger partial charge >= 0.3 is 5.97 Å². The highest BCUT2D eigenvalue weighted by atomic mass is 16.4. The Kier molecular flexibility index (Phi) is 5.25. The second-order valence-corrected chi connectivity index (χ2v) is 6.82. The van der Waals surface area contributed by atoms with Gasteiger partial charge in [0.05, 0.1) is 17.4 Å². The molecule has 120 valence electrons. The van der Waals surface area contributed by atoms with Crippen molar-refractivity contribution in [2.24, 2.45) is 5.41 Å². The summed E-state index contributed by atoms with van der Waals surface area (Å²) in [5.41, 5.74) is -0.859. The van der Waals surface area contributed by atoms with Crippen LogP contribution in [-0.4, -0.2) is 35.6 Å². The van der Waals surface area contributed by atoms with Crippen LogP contribution >= 0.6 is 0 Å². The summed E-state index contributed by atoms with van der Waals surface area (Å²) >= 11 is 0. The molecular weight excluding hydrogens is 268 g/mol. The Hall–Kier alpha value is -1.10. The van der Waals surface area contributed by atoms with Gasteiger partial charge in [0, 0.05) is 6.54 Å². The third kappa shape index (κ3) is 3.76. The average Bonchev–Trinajstić information content (AvgIpc) is 2.87. The van der Waals surface area contributed by atoms with Gasteiger partial charge in [-0.05, 0) is 38.6 Å². The molecule has 1 atom stereocenters. The van der Waals surface area contributed by atoms with Gasteiger partial charge in [0.2, 0.25) is 5.91 Å². The summed E-state index contributed by atoms with van der Waals surface area (Å²) in [4.78, 5) is 24.1. The standard InChI is InChI=1S/C16H28N2O3/c1-2-6-15(7-5-10-17-12-15)14(21)18-16(11-13(19)20)8-3-4-9-16/h17H,2-12H2,1H3,(H,18,21)(H,19,20). The van der Waals surface area contributed by atoms with Gasteiger partial charge in [0.1, 0.15) is 0 Å². The van der Waals surface area contributed by atoms with Crippen molar-refractivity contribution in [2.45, 2.75) is 70.3 Å². The first kappa shape index (κ1) is 16.3. The molecule has 1 saturated carbocycles. The fourth-order valence-electron chi connectivity index (χ4n) is 4.03. The smallest absolute Gasteiger partial charge is 0.305 e. The van der Waals surface area contributed by atoms with E-state index in [9.17, 15) is 9.59 Å². The first-order valence-electron chi connectivity index (χ1n) is 8.27. The van der Waals surface area contributed by atoms with E-state index in [-0.39, 0.29) is 17.7 Å². The monoisotopic (exact) mass is 296 g/mol. The zero-order valence-corrected chi connectivity index (χ0v) is 13.0. The van der Waals surface area contributed by atoms with Crippen molar-refractivity contribution in [3.05, 3.63) is 0 Å². The van der Waals surface area contributed by atoms with Crippen LogP contribution in [0.2, 0.25) is 0 Å². The van der Waals surface area contributed by atoms with Gasteiger partial charge in [-0.25, -0.2) is 0 Å². The van der Waals surface area contributed by atoms with Crippen molar-refractivity contribution < 1.29 is 14.7 Å². The van der Waals surface area contributed by atoms with Gasteiger partial charge in [-0.1, -0.05) is 26.2 Å². The average molecular weight is 296 g/mol. The number of hydrogen-bond donors (Lipinski definition) is 3. The summed E-state index contributed by atoms with van der Waals surface area (Å²) in [6.45, 7) is 3.79. The fraction of sp³-hybridized carbons (Fsp3) is 0.875. The molecule has 5 heteroatoms. The van der Waals surface area contributed by atoms with E-state index < -0.39 is 11.5 Å². The summed E-state index contributed by atoms with van der Waals surface area (Å²) < 4.78 is 0. The Morgan fingerprint density at radius 3 is 2.43 bits per heavy atom. The molecule has 3 N–H and O–H groups in total. The highest BCUT2D eigenvalue weighted by Gasteiger charge is 2.44. The molecule has 2 fully saturated rings. The molecule has 0 spiro atoms. The number of rotatable bonds is 6. The van der Waals surface area contributed by atoms with Gasteiger partial charge < -0.3 is 15.7 Å². The van der Waals surface area contributed by atoms with E-state index in [0.29, 0.717) is 0 Å². The van der Waals surface area contributed by atoms with Crippen LogP contribution in [0.5, 0.6) is 0 Å². The first-order chi connectivity index (χ1) is 10.0. The molecule has 0 aromatic heterocycles. The summed E-state index contributed by atoms with van der Waals surface area (Å²) in [5, 5.41) is 15.7. The van der Waals surface area contributed by atoms with Gasteiger partial charge in [-0.15, -0.1) is 0 Å². The third-order valence-corrected chi connectivity index (χ3v) is 5.11. The van der Waals surface area contributed by atoms with Gasteiger partial charge in [0.15, 0.2) is 0 Å². The van der Waals surface area contributed by atoms with Crippen LogP contribution in [0, 0.1) is 5.41 Å². The predicted molar refractivity (Wildman–Crippen MR) is 81.0 cm³/mol. The maximum absolute atomic E-state index is 12.9. The molecule has 1 heterocycles. The Balaban J connectivity index is 2.10. The maximum atomic E-state index is 12.9. The van der Waals surface area contributed by atoms with Crippen molar-refractivity contribution in [3.8, 4) is 0 Å². The van der Waals surface area contributed by atoms with Crippen LogP contribution in [0.15, 0.2) is 0 Å². The zero-order chi connectivity index (χ0) is 15.3. The molecule has 5 nitrogen and oxygen atoms in total. The molecule has 1 unspecified atom stereocenters. The van der Waals surface area contributed by atoms with Gasteiger partial charge in [-0.3, -0.25) is 9.59 Å². The zero-order valence-electron chi connectivity index (χ0n) is 13.0. The number of aliphatic carboxylic acids is 1. The molecule has 1 amide bonds. The lowest BCUT2D eigenvalue weighted by atomic mass is 9.75. The van der Waals surface area contributed by atoms with E-state index in [0.717, 1.165) is 64.5 Å². The minimum Gasteiger partial charge on any atom is -0.481 e. The number of hydrogen-bond acceptors (Lipinski definition) is 3. The van der Waals surface area contributed by atoms with E-state index in [2.05, 4.69) is 17.6 Å². The predicted octanol–water partition coefficient (Wildman–Crippen LogP) is 2.06. The van der Waals surface area contributed by atoms with Crippen molar-refractivity contribution in [1.82, 2.24) is 10.6 Å². The molecule has 2 rings (SSSR count). The molecule has 0 radical (unpaired) electrons. The first-order valence-corrected chi connectivity index (χ1v) is 8.27. The number of amides is 1. The molecule has 1 aliphatic carbocycles. The summed E-state index contributed by atoms with van der Waals surface area (Å²) in [6.07, 6.45) is 7.41. The topological polar surface area (TPSA) is 78.4 Å². The van der Waals surface area contributed by atoms with E-state index in [1.165, 1.54) is 0 Å². The second kappa shape index (κ2) is 6.77. The normalized spacial score (nSPS) is 28.2. The number of piperidine rings is 1. The molecule has 2 aliphatic rings. The number of carboxylic acids is 1. The number of nitrogens with one attached hydrogen (secondary N) is 2. The minimum atomic E-state index is -0.816. The highest BCUT2D eigenvalue weighted by Crippen LogP contribution is 2.37. The van der Waals surface area contributed by atoms with Crippen LogP contribution in [0.4, 0.5) is 0 Å². The molecular formula is C16H28N2O3. The molecule has 0 aromatic carbocycles. The maximum Gasteiger partial charge on any atom is 0.305 e. The molecule has 0 bridgehead atoms. The fourth-order valence-corrected chi connectivity index (χ4v) is 4.03. The van der Waals surface area contributed by atoms with Crippen molar-refractivity contribution in [3.63, 3.8) is 0 Å². The van der Waals surface area contributed by atoms with E-state index in [4.69, 9.17) is 5.11 Å².